The summed E-state index contributed by atoms with van der Waals surface area (Å²) in [7, 11) is -8.50. The molecule has 0 saturated carbocycles. The van der Waals surface area contributed by atoms with Gasteiger partial charge in [-0.25, -0.2) is 9.13 Å². The number of hydrogen-bond acceptors (Lipinski definition) is 1. The van der Waals surface area contributed by atoms with E-state index in [4.69, 9.17) is 0 Å². The van der Waals surface area contributed by atoms with Crippen molar-refractivity contribution < 1.29 is 29.7 Å². The molecule has 1 aromatic rings. The molecule has 0 radical (unpaired) electrons. The van der Waals surface area contributed by atoms with Crippen LogP contribution in [-0.2, 0) is 13.5 Å². The van der Waals surface area contributed by atoms with E-state index in [1.54, 1.807) is 0 Å². The maximum atomic E-state index is 9.87. The zero-order chi connectivity index (χ0) is 17.2. The molecule has 1 aliphatic heterocycles. The Hall–Kier alpha value is -0.820. The minimum atomic E-state index is -10.7. The van der Waals surface area contributed by atoms with Crippen molar-refractivity contribution in [2.24, 2.45) is 7.05 Å². The number of piperidine rings is 1. The molecular weight excluding hydrogens is 331 g/mol. The number of rotatable bonds is 2. The molecule has 0 aliphatic carbocycles. The van der Waals surface area contributed by atoms with Crippen LogP contribution in [0.1, 0.15) is 43.9 Å². The summed E-state index contributed by atoms with van der Waals surface area (Å²) in [5, 5.41) is 3.59. The number of nitrogens with zero attached hydrogens (tertiary/aromatic N) is 2. The van der Waals surface area contributed by atoms with Gasteiger partial charge in [-0.1, -0.05) is 6.92 Å². The van der Waals surface area contributed by atoms with E-state index >= 15 is 0 Å². The molecule has 1 aromatic heterocycles. The van der Waals surface area contributed by atoms with Crippen molar-refractivity contribution in [1.29, 1.82) is 0 Å². The summed E-state index contributed by atoms with van der Waals surface area (Å²) in [6, 6.07) is 0. The fourth-order valence-corrected chi connectivity index (χ4v) is 2.44. The molecule has 1 aliphatic rings. The van der Waals surface area contributed by atoms with Gasteiger partial charge in [0.15, 0.2) is 6.17 Å². The van der Waals surface area contributed by atoms with E-state index in [1.807, 2.05) is 0 Å². The van der Waals surface area contributed by atoms with Crippen molar-refractivity contribution in [3.05, 3.63) is 17.7 Å². The van der Waals surface area contributed by atoms with Gasteiger partial charge >= 0.3 is 33.0 Å². The monoisotopic (exact) mass is 353 g/mol. The van der Waals surface area contributed by atoms with Crippen molar-refractivity contribution in [3.63, 3.8) is 0 Å². The summed E-state index contributed by atoms with van der Waals surface area (Å²) < 4.78 is 63.9. The van der Waals surface area contributed by atoms with Gasteiger partial charge in [0, 0.05) is 19.8 Å². The van der Waals surface area contributed by atoms with E-state index < -0.39 is 7.81 Å². The minimum absolute atomic E-state index is 0.519. The number of halogens is 6. The SMILES string of the molecule is CCc1cn(C2CCCCN2)c(C)[n+]1C.F[P-](F)(F)(F)(F)F. The van der Waals surface area contributed by atoms with Gasteiger partial charge in [0.05, 0.1) is 7.05 Å². The van der Waals surface area contributed by atoms with Crippen LogP contribution in [0, 0.1) is 6.92 Å². The fourth-order valence-electron chi connectivity index (χ4n) is 2.44. The number of hydrogen-bond donors (Lipinski definition) is 1. The Morgan fingerprint density at radius 1 is 1.23 bits per heavy atom. The number of imidazole rings is 1. The van der Waals surface area contributed by atoms with Crippen LogP contribution >= 0.6 is 7.81 Å². The van der Waals surface area contributed by atoms with Crippen molar-refractivity contribution in [2.45, 2.75) is 45.7 Å². The van der Waals surface area contributed by atoms with Gasteiger partial charge in [0.2, 0.25) is 0 Å². The normalized spacial score (nSPS) is 22.3. The van der Waals surface area contributed by atoms with Crippen LogP contribution in [0.3, 0.4) is 0 Å². The third kappa shape index (κ3) is 7.45. The van der Waals surface area contributed by atoms with Gasteiger partial charge in [-0.3, -0.25) is 5.32 Å². The van der Waals surface area contributed by atoms with Crippen LogP contribution < -0.4 is 9.88 Å². The average molecular weight is 353 g/mol. The molecule has 10 heteroatoms. The first kappa shape index (κ1) is 19.2. The standard InChI is InChI=1S/C12H22N3.F6P/c1-4-11-9-15(10(2)14(11)3)12-7-5-6-8-13-12;1-7(2,3,4,5)6/h9,12-13H,4-8H2,1-3H3;/q+1;-1. The molecule has 0 aromatic carbocycles. The maximum absolute atomic E-state index is 10.7. The Labute approximate surface area is 125 Å². The van der Waals surface area contributed by atoms with Crippen LogP contribution in [0.5, 0.6) is 0 Å². The number of aromatic nitrogens is 2. The van der Waals surface area contributed by atoms with Crippen LogP contribution in [0.15, 0.2) is 6.20 Å². The quantitative estimate of drug-likeness (QED) is 0.459. The van der Waals surface area contributed by atoms with Crippen molar-refractivity contribution in [2.75, 3.05) is 6.54 Å². The summed E-state index contributed by atoms with van der Waals surface area (Å²) in [5.41, 5.74) is 1.42. The molecule has 1 saturated heterocycles. The molecule has 1 unspecified atom stereocenters. The summed E-state index contributed by atoms with van der Waals surface area (Å²) in [5.74, 6) is 1.35. The first-order valence-corrected chi connectivity index (χ1v) is 9.08. The Morgan fingerprint density at radius 3 is 2.14 bits per heavy atom. The molecule has 1 atom stereocenters. The van der Waals surface area contributed by atoms with E-state index in [9.17, 15) is 25.2 Å². The van der Waals surface area contributed by atoms with E-state index in [2.05, 4.69) is 41.5 Å². The second kappa shape index (κ2) is 5.67. The Balaban J connectivity index is 0.000000295. The van der Waals surface area contributed by atoms with E-state index in [1.165, 1.54) is 30.8 Å². The molecule has 3 nitrogen and oxygen atoms in total. The summed E-state index contributed by atoms with van der Waals surface area (Å²) >= 11 is 0. The van der Waals surface area contributed by atoms with Gasteiger partial charge in [-0.05, 0) is 19.4 Å². The molecule has 2 rings (SSSR count). The molecule has 1 fully saturated rings. The van der Waals surface area contributed by atoms with Crippen LogP contribution in [0.2, 0.25) is 0 Å². The first-order chi connectivity index (χ1) is 9.69. The van der Waals surface area contributed by atoms with Crippen LogP contribution in [-0.4, -0.2) is 11.1 Å². The Morgan fingerprint density at radius 2 is 1.77 bits per heavy atom. The zero-order valence-corrected chi connectivity index (χ0v) is 13.7. The predicted molar refractivity (Wildman–Crippen MR) is 74.2 cm³/mol. The number of nitrogens with one attached hydrogen (secondary N) is 1. The third-order valence-corrected chi connectivity index (χ3v) is 3.56. The average Bonchev–Trinajstić information content (AvgIpc) is 2.63. The molecule has 0 bridgehead atoms. The third-order valence-electron chi connectivity index (χ3n) is 3.56. The van der Waals surface area contributed by atoms with Gasteiger partial charge in [0.25, 0.3) is 5.82 Å². The molecule has 132 valence electrons. The molecule has 0 amide bonds. The second-order valence-electron chi connectivity index (χ2n) is 5.41. The fraction of sp³-hybridized carbons (Fsp3) is 0.750. The zero-order valence-electron chi connectivity index (χ0n) is 12.8. The molecule has 0 spiro atoms. The Kier molecular flexibility index (Phi) is 4.96. The summed E-state index contributed by atoms with van der Waals surface area (Å²) in [6.45, 7) is 5.58. The van der Waals surface area contributed by atoms with E-state index in [0.717, 1.165) is 13.0 Å². The number of aryl methyl sites for hydroxylation is 1. The van der Waals surface area contributed by atoms with Crippen LogP contribution in [0.4, 0.5) is 25.2 Å². The summed E-state index contributed by atoms with van der Waals surface area (Å²) in [6.07, 6.45) is 7.86. The van der Waals surface area contributed by atoms with Gasteiger partial charge < -0.3 is 0 Å². The topological polar surface area (TPSA) is 20.8 Å². The molecule has 1 N–H and O–H groups in total. The second-order valence-corrected chi connectivity index (χ2v) is 7.33. The van der Waals surface area contributed by atoms with E-state index in [0.29, 0.717) is 6.17 Å². The van der Waals surface area contributed by atoms with Crippen molar-refractivity contribution in [1.82, 2.24) is 9.88 Å². The molecular formula is C12H22F6N3P. The first-order valence-electron chi connectivity index (χ1n) is 7.05. The Bertz CT molecular complexity index is 505. The molecule has 22 heavy (non-hydrogen) atoms. The van der Waals surface area contributed by atoms with Gasteiger partial charge in [-0.15, -0.1) is 0 Å². The van der Waals surface area contributed by atoms with Crippen molar-refractivity contribution >= 4 is 7.81 Å². The molecule has 2 heterocycles. The van der Waals surface area contributed by atoms with Gasteiger partial charge in [0.1, 0.15) is 11.9 Å². The van der Waals surface area contributed by atoms with Crippen LogP contribution in [0.25, 0.3) is 0 Å². The van der Waals surface area contributed by atoms with Crippen molar-refractivity contribution in [3.8, 4) is 0 Å². The van der Waals surface area contributed by atoms with Gasteiger partial charge in [-0.2, -0.15) is 0 Å². The predicted octanol–water partition coefficient (Wildman–Crippen LogP) is 4.84. The summed E-state index contributed by atoms with van der Waals surface area (Å²) in [4.78, 5) is 0. The van der Waals surface area contributed by atoms with E-state index in [-0.39, 0.29) is 0 Å².